The number of nitrogens with zero attached hydrogens (tertiary/aromatic N) is 3. The van der Waals surface area contributed by atoms with Crippen molar-refractivity contribution in [3.05, 3.63) is 34.4 Å². The molecule has 136 valence electrons. The Morgan fingerprint density at radius 2 is 2.04 bits per heavy atom. The summed E-state index contributed by atoms with van der Waals surface area (Å²) in [6, 6.07) is 3.31. The van der Waals surface area contributed by atoms with E-state index in [1.165, 1.54) is 4.88 Å². The number of hydrogen-bond acceptors (Lipinski definition) is 6. The average Bonchev–Trinajstić information content (AvgIpc) is 3.11. The van der Waals surface area contributed by atoms with E-state index in [4.69, 9.17) is 0 Å². The molecule has 25 heavy (non-hydrogen) atoms. The molecule has 1 fully saturated rings. The number of rotatable bonds is 7. The molecule has 1 saturated heterocycles. The molecule has 8 heteroatoms. The highest BCUT2D eigenvalue weighted by molar-refractivity contribution is 7.89. The van der Waals surface area contributed by atoms with Crippen molar-refractivity contribution in [2.45, 2.75) is 43.9 Å². The molecule has 0 atom stereocenters. The number of thiazole rings is 1. The van der Waals surface area contributed by atoms with Crippen LogP contribution in [0.1, 0.15) is 36.1 Å². The van der Waals surface area contributed by atoms with E-state index in [0.717, 1.165) is 37.1 Å². The van der Waals surface area contributed by atoms with Gasteiger partial charge in [0.2, 0.25) is 10.0 Å². The molecule has 2 aromatic heterocycles. The first-order valence-electron chi connectivity index (χ1n) is 8.74. The minimum absolute atomic E-state index is 0.269. The molecule has 0 unspecified atom stereocenters. The summed E-state index contributed by atoms with van der Waals surface area (Å²) in [5, 5.41) is 4.24. The number of hydrogen-bond donors (Lipinski definition) is 1. The number of aromatic nitrogens is 2. The first kappa shape index (κ1) is 18.3. The van der Waals surface area contributed by atoms with Crippen LogP contribution in [0.3, 0.4) is 0 Å². The summed E-state index contributed by atoms with van der Waals surface area (Å²) in [5.74, 6) is 0.431. The standard InChI is InChI=1S/C17H24N4O2S2/c1-2-14-13-20-16(24-14)8-10-19-17-15(7-6-9-18-17)25(22,23)21-11-4-3-5-12-21/h6-7,9,13H,2-5,8,10-12H2,1H3,(H,18,19). The van der Waals surface area contributed by atoms with Crippen LogP contribution in [0.2, 0.25) is 0 Å². The number of piperidine rings is 1. The fourth-order valence-electron chi connectivity index (χ4n) is 2.89. The Bertz CT molecular complexity index is 798. The lowest BCUT2D eigenvalue weighted by molar-refractivity contribution is 0.346. The van der Waals surface area contributed by atoms with Gasteiger partial charge in [0.25, 0.3) is 0 Å². The van der Waals surface area contributed by atoms with Crippen LogP contribution in [-0.4, -0.2) is 42.3 Å². The first-order valence-corrected chi connectivity index (χ1v) is 11.0. The molecule has 0 aromatic carbocycles. The van der Waals surface area contributed by atoms with E-state index in [0.29, 0.717) is 25.5 Å². The van der Waals surface area contributed by atoms with Gasteiger partial charge >= 0.3 is 0 Å². The van der Waals surface area contributed by atoms with Gasteiger partial charge in [0, 0.05) is 43.3 Å². The van der Waals surface area contributed by atoms with Gasteiger partial charge in [-0.05, 0) is 31.4 Å². The highest BCUT2D eigenvalue weighted by Gasteiger charge is 2.28. The van der Waals surface area contributed by atoms with Gasteiger partial charge in [0.15, 0.2) is 0 Å². The summed E-state index contributed by atoms with van der Waals surface area (Å²) in [7, 11) is -3.49. The number of pyridine rings is 1. The normalized spacial score (nSPS) is 16.0. The Morgan fingerprint density at radius 3 is 2.76 bits per heavy atom. The topological polar surface area (TPSA) is 75.2 Å². The number of aryl methyl sites for hydroxylation is 1. The quantitative estimate of drug-likeness (QED) is 0.799. The van der Waals surface area contributed by atoms with Crippen molar-refractivity contribution in [2.24, 2.45) is 0 Å². The molecular weight excluding hydrogens is 356 g/mol. The van der Waals surface area contributed by atoms with Crippen LogP contribution in [-0.2, 0) is 22.9 Å². The molecule has 3 rings (SSSR count). The van der Waals surface area contributed by atoms with Crippen molar-refractivity contribution in [3.8, 4) is 0 Å². The minimum atomic E-state index is -3.49. The van der Waals surface area contributed by atoms with Crippen LogP contribution in [0.15, 0.2) is 29.4 Å². The van der Waals surface area contributed by atoms with E-state index >= 15 is 0 Å². The van der Waals surface area contributed by atoms with Gasteiger partial charge in [0.1, 0.15) is 10.7 Å². The van der Waals surface area contributed by atoms with Crippen LogP contribution >= 0.6 is 11.3 Å². The SMILES string of the molecule is CCc1cnc(CCNc2ncccc2S(=O)(=O)N2CCCCC2)s1. The molecule has 0 radical (unpaired) electrons. The van der Waals surface area contributed by atoms with Gasteiger partial charge < -0.3 is 5.32 Å². The zero-order chi connectivity index (χ0) is 17.7. The fraction of sp³-hybridized carbons (Fsp3) is 0.529. The van der Waals surface area contributed by atoms with Gasteiger partial charge in [-0.1, -0.05) is 13.3 Å². The summed E-state index contributed by atoms with van der Waals surface area (Å²) >= 11 is 1.70. The summed E-state index contributed by atoms with van der Waals surface area (Å²) < 4.78 is 27.4. The molecule has 0 saturated carbocycles. The average molecular weight is 381 g/mol. The Morgan fingerprint density at radius 1 is 1.24 bits per heavy atom. The lowest BCUT2D eigenvalue weighted by atomic mass is 10.2. The smallest absolute Gasteiger partial charge is 0.246 e. The summed E-state index contributed by atoms with van der Waals surface area (Å²) in [4.78, 5) is 10.2. The predicted octanol–water partition coefficient (Wildman–Crippen LogP) is 2.93. The molecule has 3 heterocycles. The molecule has 0 spiro atoms. The lowest BCUT2D eigenvalue weighted by Gasteiger charge is -2.26. The highest BCUT2D eigenvalue weighted by atomic mass is 32.2. The van der Waals surface area contributed by atoms with E-state index in [2.05, 4.69) is 22.2 Å². The highest BCUT2D eigenvalue weighted by Crippen LogP contribution is 2.25. The number of sulfonamides is 1. The van der Waals surface area contributed by atoms with Gasteiger partial charge in [0.05, 0.1) is 5.01 Å². The van der Waals surface area contributed by atoms with Crippen molar-refractivity contribution >= 4 is 27.2 Å². The second-order valence-corrected chi connectivity index (χ2v) is 9.17. The van der Waals surface area contributed by atoms with E-state index in [-0.39, 0.29) is 4.90 Å². The Hall–Kier alpha value is -1.51. The minimum Gasteiger partial charge on any atom is -0.369 e. The lowest BCUT2D eigenvalue weighted by Crippen LogP contribution is -2.36. The fourth-order valence-corrected chi connectivity index (χ4v) is 5.39. The van der Waals surface area contributed by atoms with E-state index in [1.807, 2.05) is 6.20 Å². The van der Waals surface area contributed by atoms with Crippen LogP contribution in [0.4, 0.5) is 5.82 Å². The van der Waals surface area contributed by atoms with Crippen LogP contribution in [0.25, 0.3) is 0 Å². The Balaban J connectivity index is 1.70. The third-order valence-corrected chi connectivity index (χ3v) is 7.42. The molecule has 0 amide bonds. The molecule has 1 N–H and O–H groups in total. The first-order chi connectivity index (χ1) is 12.1. The maximum atomic E-state index is 12.9. The molecule has 0 aliphatic carbocycles. The molecule has 1 aliphatic heterocycles. The largest absolute Gasteiger partial charge is 0.369 e. The van der Waals surface area contributed by atoms with E-state index < -0.39 is 10.0 Å². The van der Waals surface area contributed by atoms with Crippen molar-refractivity contribution in [1.29, 1.82) is 0 Å². The Kier molecular flexibility index (Phi) is 6.03. The molecular formula is C17H24N4O2S2. The van der Waals surface area contributed by atoms with Gasteiger partial charge in [-0.25, -0.2) is 18.4 Å². The Labute approximate surface area is 153 Å². The summed E-state index contributed by atoms with van der Waals surface area (Å²) in [5.41, 5.74) is 0. The third-order valence-electron chi connectivity index (χ3n) is 4.28. The predicted molar refractivity (Wildman–Crippen MR) is 101 cm³/mol. The van der Waals surface area contributed by atoms with Crippen LogP contribution in [0, 0.1) is 0 Å². The summed E-state index contributed by atoms with van der Waals surface area (Å²) in [6.07, 6.45) is 8.22. The van der Waals surface area contributed by atoms with Gasteiger partial charge in [-0.3, -0.25) is 0 Å². The zero-order valence-electron chi connectivity index (χ0n) is 14.4. The van der Waals surface area contributed by atoms with Crippen molar-refractivity contribution in [3.63, 3.8) is 0 Å². The van der Waals surface area contributed by atoms with Crippen LogP contribution in [0.5, 0.6) is 0 Å². The maximum Gasteiger partial charge on any atom is 0.246 e. The van der Waals surface area contributed by atoms with Crippen LogP contribution < -0.4 is 5.32 Å². The van der Waals surface area contributed by atoms with Crippen molar-refractivity contribution in [1.82, 2.24) is 14.3 Å². The van der Waals surface area contributed by atoms with Gasteiger partial charge in [-0.2, -0.15) is 4.31 Å². The van der Waals surface area contributed by atoms with Crippen molar-refractivity contribution in [2.75, 3.05) is 25.0 Å². The van der Waals surface area contributed by atoms with Gasteiger partial charge in [-0.15, -0.1) is 11.3 Å². The third kappa shape index (κ3) is 4.37. The summed E-state index contributed by atoms with van der Waals surface area (Å²) in [6.45, 7) is 3.91. The monoisotopic (exact) mass is 380 g/mol. The number of anilines is 1. The second-order valence-electron chi connectivity index (χ2n) is 6.07. The molecule has 1 aliphatic rings. The maximum absolute atomic E-state index is 12.9. The number of nitrogens with one attached hydrogen (secondary N) is 1. The zero-order valence-corrected chi connectivity index (χ0v) is 16.1. The van der Waals surface area contributed by atoms with E-state index in [9.17, 15) is 8.42 Å². The molecule has 2 aromatic rings. The second kappa shape index (κ2) is 8.25. The van der Waals surface area contributed by atoms with E-state index in [1.54, 1.807) is 34.0 Å². The molecule has 6 nitrogen and oxygen atoms in total. The van der Waals surface area contributed by atoms with Crippen molar-refractivity contribution < 1.29 is 8.42 Å². The molecule has 0 bridgehead atoms.